The Morgan fingerprint density at radius 1 is 1.29 bits per heavy atom. The highest BCUT2D eigenvalue weighted by atomic mass is 32.2. The van der Waals surface area contributed by atoms with Crippen LogP contribution in [0.3, 0.4) is 0 Å². The van der Waals surface area contributed by atoms with Gasteiger partial charge in [0.05, 0.1) is 22.7 Å². The van der Waals surface area contributed by atoms with Crippen LogP contribution in [-0.4, -0.2) is 63.1 Å². The average Bonchev–Trinajstić information content (AvgIpc) is 2.60. The summed E-state index contributed by atoms with van der Waals surface area (Å²) in [4.78, 5) is 26.8. The third-order valence-electron chi connectivity index (χ3n) is 4.44. The maximum atomic E-state index is 12.6. The van der Waals surface area contributed by atoms with E-state index in [1.807, 2.05) is 13.8 Å². The second kappa shape index (κ2) is 9.02. The molecule has 0 radical (unpaired) electrons. The third kappa shape index (κ3) is 5.30. The van der Waals surface area contributed by atoms with Crippen molar-refractivity contribution in [2.75, 3.05) is 19.6 Å². The molecule has 0 aromatic heterocycles. The number of nitrogens with one attached hydrogen (secondary N) is 1. The van der Waals surface area contributed by atoms with Gasteiger partial charge in [-0.1, -0.05) is 13.0 Å². The molecule has 1 aliphatic heterocycles. The molecule has 1 N–H and O–H groups in total. The first-order valence-electron chi connectivity index (χ1n) is 9.30. The van der Waals surface area contributed by atoms with E-state index in [9.17, 15) is 18.0 Å². The lowest BCUT2D eigenvalue weighted by Gasteiger charge is -2.36. The maximum absolute atomic E-state index is 12.6. The average molecular weight is 413 g/mol. The van der Waals surface area contributed by atoms with Crippen LogP contribution in [0.1, 0.15) is 43.6 Å². The van der Waals surface area contributed by atoms with Crippen molar-refractivity contribution < 1.29 is 27.5 Å². The lowest BCUT2D eigenvalue weighted by molar-refractivity contribution is -0.151. The van der Waals surface area contributed by atoms with Gasteiger partial charge in [0.25, 0.3) is 5.91 Å². The molecule has 0 spiro atoms. The Balaban J connectivity index is 2.14. The molecule has 2 rings (SSSR count). The SMILES string of the molecule is CCNS(=O)(=O)c1ccc(C)c(C(=O)OC(C)C(=O)N2CC(C)OC(C)C2)c1. The lowest BCUT2D eigenvalue weighted by atomic mass is 10.1. The van der Waals surface area contributed by atoms with Crippen LogP contribution < -0.4 is 4.72 Å². The molecule has 156 valence electrons. The molecule has 3 unspecified atom stereocenters. The summed E-state index contributed by atoms with van der Waals surface area (Å²) < 4.78 is 37.7. The normalized spacial score (nSPS) is 21.2. The molecule has 9 heteroatoms. The van der Waals surface area contributed by atoms with Gasteiger partial charge in [-0.15, -0.1) is 0 Å². The third-order valence-corrected chi connectivity index (χ3v) is 5.98. The number of hydrogen-bond donors (Lipinski definition) is 1. The van der Waals surface area contributed by atoms with E-state index in [1.54, 1.807) is 24.8 Å². The highest BCUT2D eigenvalue weighted by molar-refractivity contribution is 7.89. The van der Waals surface area contributed by atoms with Crippen molar-refractivity contribution in [3.63, 3.8) is 0 Å². The number of ether oxygens (including phenoxy) is 2. The molecule has 1 aromatic carbocycles. The van der Waals surface area contributed by atoms with Gasteiger partial charge >= 0.3 is 5.97 Å². The molecule has 1 fully saturated rings. The standard InChI is InChI=1S/C19H28N2O6S/c1-6-20-28(24,25)16-8-7-12(2)17(9-16)19(23)27-15(5)18(22)21-10-13(3)26-14(4)11-21/h7-9,13-15,20H,6,10-11H2,1-5H3. The van der Waals surface area contributed by atoms with E-state index >= 15 is 0 Å². The van der Waals surface area contributed by atoms with E-state index in [0.29, 0.717) is 18.7 Å². The van der Waals surface area contributed by atoms with Crippen molar-refractivity contribution in [3.8, 4) is 0 Å². The number of sulfonamides is 1. The monoisotopic (exact) mass is 412 g/mol. The van der Waals surface area contributed by atoms with Crippen LogP contribution in [0.5, 0.6) is 0 Å². The fourth-order valence-corrected chi connectivity index (χ4v) is 4.22. The predicted octanol–water partition coefficient (Wildman–Crippen LogP) is 1.47. The molecule has 0 saturated carbocycles. The van der Waals surface area contributed by atoms with Crippen LogP contribution in [0.15, 0.2) is 23.1 Å². The molecule has 1 aliphatic rings. The summed E-state index contributed by atoms with van der Waals surface area (Å²) in [6.45, 7) is 9.72. The van der Waals surface area contributed by atoms with Gasteiger partial charge < -0.3 is 14.4 Å². The minimum Gasteiger partial charge on any atom is -0.449 e. The Morgan fingerprint density at radius 2 is 1.89 bits per heavy atom. The minimum atomic E-state index is -3.70. The molecule has 1 saturated heterocycles. The number of hydrogen-bond acceptors (Lipinski definition) is 6. The molecule has 1 amide bonds. The predicted molar refractivity (Wildman–Crippen MR) is 104 cm³/mol. The molecule has 0 aliphatic carbocycles. The Hall–Kier alpha value is -1.97. The van der Waals surface area contributed by atoms with Crippen LogP contribution >= 0.6 is 0 Å². The van der Waals surface area contributed by atoms with E-state index in [1.165, 1.54) is 19.1 Å². The van der Waals surface area contributed by atoms with Gasteiger partial charge in [-0.25, -0.2) is 17.9 Å². The number of esters is 1. The first kappa shape index (κ1) is 22.3. The summed E-state index contributed by atoms with van der Waals surface area (Å²) in [7, 11) is -3.70. The fourth-order valence-electron chi connectivity index (χ4n) is 3.15. The van der Waals surface area contributed by atoms with Crippen molar-refractivity contribution in [1.82, 2.24) is 9.62 Å². The van der Waals surface area contributed by atoms with Crippen molar-refractivity contribution in [2.45, 2.75) is 57.8 Å². The molecule has 0 bridgehead atoms. The van der Waals surface area contributed by atoms with Gasteiger partial charge in [0, 0.05) is 19.6 Å². The fraction of sp³-hybridized carbons (Fsp3) is 0.579. The first-order valence-corrected chi connectivity index (χ1v) is 10.8. The van der Waals surface area contributed by atoms with Crippen LogP contribution in [-0.2, 0) is 24.3 Å². The summed E-state index contributed by atoms with van der Waals surface area (Å²) in [6, 6.07) is 4.24. The Morgan fingerprint density at radius 3 is 2.46 bits per heavy atom. The second-order valence-electron chi connectivity index (χ2n) is 7.03. The van der Waals surface area contributed by atoms with Crippen LogP contribution in [0, 0.1) is 6.92 Å². The van der Waals surface area contributed by atoms with Gasteiger partial charge in [-0.05, 0) is 45.4 Å². The first-order chi connectivity index (χ1) is 13.0. The van der Waals surface area contributed by atoms with Crippen LogP contribution in [0.4, 0.5) is 0 Å². The largest absolute Gasteiger partial charge is 0.449 e. The zero-order valence-corrected chi connectivity index (χ0v) is 17.7. The van der Waals surface area contributed by atoms with Gasteiger partial charge in [0.15, 0.2) is 6.10 Å². The van der Waals surface area contributed by atoms with Gasteiger partial charge in [-0.3, -0.25) is 4.79 Å². The van der Waals surface area contributed by atoms with E-state index in [4.69, 9.17) is 9.47 Å². The smallest absolute Gasteiger partial charge is 0.339 e. The van der Waals surface area contributed by atoms with Crippen molar-refractivity contribution in [1.29, 1.82) is 0 Å². The summed E-state index contributed by atoms with van der Waals surface area (Å²) >= 11 is 0. The number of aryl methyl sites for hydroxylation is 1. The number of rotatable bonds is 6. The Bertz CT molecular complexity index is 829. The van der Waals surface area contributed by atoms with E-state index in [2.05, 4.69) is 4.72 Å². The van der Waals surface area contributed by atoms with Crippen molar-refractivity contribution >= 4 is 21.9 Å². The number of morpholine rings is 1. The summed E-state index contributed by atoms with van der Waals surface area (Å²) in [5, 5.41) is 0. The van der Waals surface area contributed by atoms with Crippen molar-refractivity contribution in [2.24, 2.45) is 0 Å². The molecule has 1 aromatic rings. The number of nitrogens with zero attached hydrogens (tertiary/aromatic N) is 1. The summed E-state index contributed by atoms with van der Waals surface area (Å²) in [6.07, 6.45) is -1.17. The highest BCUT2D eigenvalue weighted by Crippen LogP contribution is 2.18. The lowest BCUT2D eigenvalue weighted by Crippen LogP contribution is -2.51. The molecule has 3 atom stereocenters. The van der Waals surface area contributed by atoms with Gasteiger partial charge in [-0.2, -0.15) is 0 Å². The molecular formula is C19H28N2O6S. The quantitative estimate of drug-likeness (QED) is 0.710. The zero-order chi connectivity index (χ0) is 21.1. The van der Waals surface area contributed by atoms with E-state index < -0.39 is 22.1 Å². The Labute approximate surface area is 166 Å². The number of carbonyl (C=O) groups is 2. The number of amides is 1. The molecule has 1 heterocycles. The molecule has 28 heavy (non-hydrogen) atoms. The molecule has 8 nitrogen and oxygen atoms in total. The van der Waals surface area contributed by atoms with Crippen molar-refractivity contribution in [3.05, 3.63) is 29.3 Å². The zero-order valence-electron chi connectivity index (χ0n) is 16.9. The summed E-state index contributed by atoms with van der Waals surface area (Å²) in [5.41, 5.74) is 0.677. The van der Waals surface area contributed by atoms with Crippen LogP contribution in [0.2, 0.25) is 0 Å². The summed E-state index contributed by atoms with van der Waals surface area (Å²) in [5.74, 6) is -1.04. The van der Waals surface area contributed by atoms with Gasteiger partial charge in [0.2, 0.25) is 10.0 Å². The molecular weight excluding hydrogens is 384 g/mol. The Kier molecular flexibility index (Phi) is 7.19. The second-order valence-corrected chi connectivity index (χ2v) is 8.79. The van der Waals surface area contributed by atoms with E-state index in [0.717, 1.165) is 0 Å². The van der Waals surface area contributed by atoms with E-state index in [-0.39, 0.29) is 35.1 Å². The number of benzene rings is 1. The topological polar surface area (TPSA) is 102 Å². The van der Waals surface area contributed by atoms with Gasteiger partial charge in [0.1, 0.15) is 0 Å². The number of carbonyl (C=O) groups excluding carboxylic acids is 2. The maximum Gasteiger partial charge on any atom is 0.339 e. The highest BCUT2D eigenvalue weighted by Gasteiger charge is 2.31. The minimum absolute atomic E-state index is 0.0262. The van der Waals surface area contributed by atoms with Crippen LogP contribution in [0.25, 0.3) is 0 Å².